The second-order valence-corrected chi connectivity index (χ2v) is 4.19. The lowest BCUT2D eigenvalue weighted by atomic mass is 10.1. The Morgan fingerprint density at radius 2 is 1.95 bits per heavy atom. The molecule has 0 aliphatic heterocycles. The SMILES string of the molecule is COC(=O)Cc1cccc(Oc2ccc(N)c(F)c2)c1. The molecule has 0 saturated heterocycles. The Morgan fingerprint density at radius 3 is 2.65 bits per heavy atom. The summed E-state index contributed by atoms with van der Waals surface area (Å²) in [6, 6.07) is 11.2. The first-order valence-electron chi connectivity index (χ1n) is 5.97. The molecule has 2 aromatic carbocycles. The fourth-order valence-corrected chi connectivity index (χ4v) is 1.67. The van der Waals surface area contributed by atoms with Crippen molar-refractivity contribution in [2.45, 2.75) is 6.42 Å². The van der Waals surface area contributed by atoms with Crippen molar-refractivity contribution in [3.63, 3.8) is 0 Å². The quantitative estimate of drug-likeness (QED) is 0.688. The Hall–Kier alpha value is -2.56. The van der Waals surface area contributed by atoms with Gasteiger partial charge in [0, 0.05) is 6.07 Å². The smallest absolute Gasteiger partial charge is 0.309 e. The molecule has 104 valence electrons. The number of esters is 1. The average molecular weight is 275 g/mol. The largest absolute Gasteiger partial charge is 0.469 e. The highest BCUT2D eigenvalue weighted by molar-refractivity contribution is 5.72. The van der Waals surface area contributed by atoms with Gasteiger partial charge < -0.3 is 15.2 Å². The van der Waals surface area contributed by atoms with Gasteiger partial charge in [0.1, 0.15) is 17.3 Å². The molecule has 0 aromatic heterocycles. The van der Waals surface area contributed by atoms with Gasteiger partial charge in [0.15, 0.2) is 0 Å². The molecule has 0 amide bonds. The third kappa shape index (κ3) is 3.47. The number of hydrogen-bond acceptors (Lipinski definition) is 4. The monoisotopic (exact) mass is 275 g/mol. The number of ether oxygens (including phenoxy) is 2. The highest BCUT2D eigenvalue weighted by Gasteiger charge is 2.06. The van der Waals surface area contributed by atoms with Crippen LogP contribution in [0, 0.1) is 5.82 Å². The van der Waals surface area contributed by atoms with Crippen LogP contribution in [0.3, 0.4) is 0 Å². The minimum Gasteiger partial charge on any atom is -0.469 e. The van der Waals surface area contributed by atoms with E-state index in [1.165, 1.54) is 19.2 Å². The van der Waals surface area contributed by atoms with Crippen LogP contribution in [-0.4, -0.2) is 13.1 Å². The predicted octanol–water partition coefficient (Wildman–Crippen LogP) is 2.92. The summed E-state index contributed by atoms with van der Waals surface area (Å²) >= 11 is 0. The highest BCUT2D eigenvalue weighted by Crippen LogP contribution is 2.25. The molecule has 0 bridgehead atoms. The summed E-state index contributed by atoms with van der Waals surface area (Å²) in [5.74, 6) is -0.0172. The van der Waals surface area contributed by atoms with Crippen molar-refractivity contribution in [2.24, 2.45) is 0 Å². The fraction of sp³-hybridized carbons (Fsp3) is 0.133. The van der Waals surface area contributed by atoms with Crippen LogP contribution < -0.4 is 10.5 Å². The van der Waals surface area contributed by atoms with Crippen molar-refractivity contribution in [1.82, 2.24) is 0 Å². The van der Waals surface area contributed by atoms with Crippen LogP contribution in [0.5, 0.6) is 11.5 Å². The van der Waals surface area contributed by atoms with Gasteiger partial charge in [-0.2, -0.15) is 0 Å². The van der Waals surface area contributed by atoms with E-state index < -0.39 is 5.82 Å². The molecule has 4 nitrogen and oxygen atoms in total. The molecule has 2 rings (SSSR count). The van der Waals surface area contributed by atoms with Gasteiger partial charge in [-0.15, -0.1) is 0 Å². The molecule has 0 spiro atoms. The summed E-state index contributed by atoms with van der Waals surface area (Å²) in [5, 5.41) is 0. The second-order valence-electron chi connectivity index (χ2n) is 4.19. The van der Waals surface area contributed by atoms with E-state index >= 15 is 0 Å². The van der Waals surface area contributed by atoms with Gasteiger partial charge in [0.05, 0.1) is 19.2 Å². The summed E-state index contributed by atoms with van der Waals surface area (Å²) in [6.45, 7) is 0. The summed E-state index contributed by atoms with van der Waals surface area (Å²) in [5.41, 5.74) is 6.22. The van der Waals surface area contributed by atoms with Crippen molar-refractivity contribution in [2.75, 3.05) is 12.8 Å². The van der Waals surface area contributed by atoms with Crippen LogP contribution >= 0.6 is 0 Å². The Balaban J connectivity index is 2.14. The molecule has 0 saturated carbocycles. The van der Waals surface area contributed by atoms with Gasteiger partial charge in [-0.1, -0.05) is 12.1 Å². The molecule has 0 fully saturated rings. The second kappa shape index (κ2) is 6.06. The number of anilines is 1. The van der Waals surface area contributed by atoms with Crippen molar-refractivity contribution >= 4 is 11.7 Å². The normalized spacial score (nSPS) is 10.1. The first-order valence-corrected chi connectivity index (χ1v) is 5.97. The van der Waals surface area contributed by atoms with E-state index in [1.807, 2.05) is 0 Å². The van der Waals surface area contributed by atoms with E-state index in [-0.39, 0.29) is 18.1 Å². The lowest BCUT2D eigenvalue weighted by Crippen LogP contribution is -2.04. The van der Waals surface area contributed by atoms with E-state index in [2.05, 4.69) is 4.74 Å². The first-order chi connectivity index (χ1) is 9.58. The maximum absolute atomic E-state index is 13.3. The van der Waals surface area contributed by atoms with Crippen LogP contribution in [0.4, 0.5) is 10.1 Å². The zero-order chi connectivity index (χ0) is 14.5. The van der Waals surface area contributed by atoms with E-state index in [0.717, 1.165) is 5.56 Å². The summed E-state index contributed by atoms with van der Waals surface area (Å²) < 4.78 is 23.4. The number of halogens is 1. The van der Waals surface area contributed by atoms with Gasteiger partial charge in [-0.25, -0.2) is 4.39 Å². The number of rotatable bonds is 4. The third-order valence-corrected chi connectivity index (χ3v) is 2.68. The lowest BCUT2D eigenvalue weighted by Gasteiger charge is -2.08. The average Bonchev–Trinajstić information content (AvgIpc) is 2.43. The summed E-state index contributed by atoms with van der Waals surface area (Å²) in [6.07, 6.45) is 0.157. The zero-order valence-electron chi connectivity index (χ0n) is 10.9. The molecule has 0 aliphatic carbocycles. The van der Waals surface area contributed by atoms with Gasteiger partial charge in [0.2, 0.25) is 0 Å². The molecular weight excluding hydrogens is 261 g/mol. The van der Waals surface area contributed by atoms with Crippen LogP contribution in [-0.2, 0) is 16.0 Å². The Morgan fingerprint density at radius 1 is 1.20 bits per heavy atom. The van der Waals surface area contributed by atoms with Gasteiger partial charge in [-0.3, -0.25) is 4.79 Å². The molecule has 0 atom stereocenters. The van der Waals surface area contributed by atoms with Gasteiger partial charge >= 0.3 is 5.97 Å². The number of hydrogen-bond donors (Lipinski definition) is 1. The number of nitrogen functional groups attached to an aromatic ring is 1. The molecule has 5 heteroatoms. The zero-order valence-corrected chi connectivity index (χ0v) is 10.9. The Kier molecular flexibility index (Phi) is 4.20. The van der Waals surface area contributed by atoms with E-state index in [4.69, 9.17) is 10.5 Å². The highest BCUT2D eigenvalue weighted by atomic mass is 19.1. The summed E-state index contributed by atoms with van der Waals surface area (Å²) in [4.78, 5) is 11.2. The van der Waals surface area contributed by atoms with Crippen molar-refractivity contribution in [1.29, 1.82) is 0 Å². The fourth-order valence-electron chi connectivity index (χ4n) is 1.67. The molecule has 0 heterocycles. The maximum Gasteiger partial charge on any atom is 0.309 e. The van der Waals surface area contributed by atoms with E-state index in [9.17, 15) is 9.18 Å². The number of benzene rings is 2. The lowest BCUT2D eigenvalue weighted by molar-refractivity contribution is -0.139. The molecular formula is C15H14FNO3. The minimum absolute atomic E-state index is 0.0665. The molecule has 0 aliphatic rings. The van der Waals surface area contributed by atoms with Crippen LogP contribution in [0.1, 0.15) is 5.56 Å². The standard InChI is InChI=1S/C15H14FNO3/c1-19-15(18)8-10-3-2-4-11(7-10)20-12-5-6-14(17)13(16)9-12/h2-7,9H,8,17H2,1H3. The van der Waals surface area contributed by atoms with E-state index in [1.54, 1.807) is 30.3 Å². The number of carbonyl (C=O) groups excluding carboxylic acids is 1. The van der Waals surface area contributed by atoms with Crippen molar-refractivity contribution in [3.05, 3.63) is 53.8 Å². The minimum atomic E-state index is -0.534. The molecule has 0 radical (unpaired) electrons. The summed E-state index contributed by atoms with van der Waals surface area (Å²) in [7, 11) is 1.33. The number of methoxy groups -OCH3 is 1. The predicted molar refractivity (Wildman–Crippen MR) is 73.0 cm³/mol. The third-order valence-electron chi connectivity index (χ3n) is 2.68. The van der Waals surface area contributed by atoms with Crippen LogP contribution in [0.2, 0.25) is 0 Å². The van der Waals surface area contributed by atoms with Crippen LogP contribution in [0.25, 0.3) is 0 Å². The van der Waals surface area contributed by atoms with E-state index in [0.29, 0.717) is 11.5 Å². The molecule has 2 aromatic rings. The number of nitrogens with two attached hydrogens (primary N) is 1. The maximum atomic E-state index is 13.3. The molecule has 2 N–H and O–H groups in total. The molecule has 20 heavy (non-hydrogen) atoms. The Labute approximate surface area is 115 Å². The topological polar surface area (TPSA) is 61.5 Å². The van der Waals surface area contributed by atoms with Crippen molar-refractivity contribution in [3.8, 4) is 11.5 Å². The Bertz CT molecular complexity index is 628. The van der Waals surface area contributed by atoms with Gasteiger partial charge in [-0.05, 0) is 29.8 Å². The van der Waals surface area contributed by atoms with Crippen molar-refractivity contribution < 1.29 is 18.7 Å². The number of carbonyl (C=O) groups is 1. The first kappa shape index (κ1) is 13.9. The molecule has 0 unspecified atom stereocenters. The van der Waals surface area contributed by atoms with Gasteiger partial charge in [0.25, 0.3) is 0 Å². The van der Waals surface area contributed by atoms with Crippen LogP contribution in [0.15, 0.2) is 42.5 Å².